The van der Waals surface area contributed by atoms with Gasteiger partial charge in [-0.05, 0) is 25.0 Å². The third kappa shape index (κ3) is 6.19. The quantitative estimate of drug-likeness (QED) is 0.390. The standard InChI is InChI=1S/C9H7.C8H10O.2ClH.Ti/c1-2-5-9-7-3-6-8(9)4-1;1-6-4-3-5-7(2)8(6)9;;;/h1-7H;3-5,9H,1-2H3;2*1H;/q-1;;;;+2/p-2. The Morgan fingerprint density at radius 2 is 1.48 bits per heavy atom. The molecule has 3 aromatic carbocycles. The van der Waals surface area contributed by atoms with Crippen LogP contribution in [0.3, 0.4) is 0 Å². The summed E-state index contributed by atoms with van der Waals surface area (Å²) in [5.41, 5.74) is 1.88. The molecular weight excluding hydrogens is 339 g/mol. The summed E-state index contributed by atoms with van der Waals surface area (Å²) in [6, 6.07) is 20.4. The molecule has 3 rings (SSSR count). The second kappa shape index (κ2) is 9.97. The van der Waals surface area contributed by atoms with E-state index in [1.54, 1.807) is 0 Å². The molecular formula is C17H17Cl2OTi-. The van der Waals surface area contributed by atoms with E-state index >= 15 is 0 Å². The first-order chi connectivity index (χ1) is 10.1. The smallest absolute Gasteiger partial charge is 0.0809 e. The molecule has 0 amide bonds. The minimum absolute atomic E-state index is 0.414. The fraction of sp³-hybridized carbons (Fsp3) is 0.118. The summed E-state index contributed by atoms with van der Waals surface area (Å²) in [4.78, 5) is 0. The van der Waals surface area contributed by atoms with Crippen molar-refractivity contribution in [2.75, 3.05) is 0 Å². The Hall–Kier alpha value is -0.856. The maximum Gasteiger partial charge on any atom is -0.0809 e. The number of aromatic hydroxyl groups is 1. The van der Waals surface area contributed by atoms with Gasteiger partial charge in [0, 0.05) is 0 Å². The molecule has 0 fully saturated rings. The van der Waals surface area contributed by atoms with E-state index in [4.69, 9.17) is 18.6 Å². The van der Waals surface area contributed by atoms with Crippen LogP contribution >= 0.6 is 18.6 Å². The van der Waals surface area contributed by atoms with Gasteiger partial charge < -0.3 is 5.11 Å². The van der Waals surface area contributed by atoms with E-state index in [2.05, 4.69) is 42.5 Å². The van der Waals surface area contributed by atoms with Gasteiger partial charge in [0.2, 0.25) is 0 Å². The maximum absolute atomic E-state index is 9.21. The molecule has 0 saturated heterocycles. The number of fused-ring (bicyclic) bond motifs is 1. The van der Waals surface area contributed by atoms with Crippen LogP contribution in [0.4, 0.5) is 0 Å². The first-order valence-corrected chi connectivity index (χ1v) is 10.7. The van der Waals surface area contributed by atoms with Crippen molar-refractivity contribution in [3.63, 3.8) is 0 Å². The summed E-state index contributed by atoms with van der Waals surface area (Å²) in [7, 11) is 9.78. The Balaban J connectivity index is 0.000000178. The molecule has 0 radical (unpaired) electrons. The molecule has 0 saturated carbocycles. The van der Waals surface area contributed by atoms with Crippen LogP contribution in [-0.4, -0.2) is 5.11 Å². The first-order valence-electron chi connectivity index (χ1n) is 6.42. The number of para-hydroxylation sites is 1. The number of aryl methyl sites for hydroxylation is 2. The molecule has 3 aromatic rings. The molecule has 110 valence electrons. The fourth-order valence-corrected chi connectivity index (χ4v) is 1.88. The second-order valence-corrected chi connectivity index (χ2v) is 7.05. The molecule has 0 aromatic heterocycles. The summed E-state index contributed by atoms with van der Waals surface area (Å²) in [5.74, 6) is 0.414. The minimum atomic E-state index is -0.556. The zero-order chi connectivity index (χ0) is 15.7. The Kier molecular flexibility index (Phi) is 8.64. The molecule has 1 N–H and O–H groups in total. The number of halogens is 2. The van der Waals surface area contributed by atoms with Gasteiger partial charge in [0.05, 0.1) is 0 Å². The van der Waals surface area contributed by atoms with Crippen molar-refractivity contribution in [1.82, 2.24) is 0 Å². The average molecular weight is 356 g/mol. The molecule has 0 heterocycles. The van der Waals surface area contributed by atoms with E-state index in [0.717, 1.165) is 11.1 Å². The van der Waals surface area contributed by atoms with Crippen LogP contribution in [0.2, 0.25) is 0 Å². The first kappa shape index (κ1) is 18.2. The van der Waals surface area contributed by atoms with Crippen LogP contribution in [0.1, 0.15) is 11.1 Å². The molecule has 0 bridgehead atoms. The minimum Gasteiger partial charge on any atom is -0.168 e. The number of hydrogen-bond acceptors (Lipinski definition) is 1. The van der Waals surface area contributed by atoms with E-state index < -0.39 is 17.0 Å². The number of benzene rings is 2. The third-order valence-electron chi connectivity index (χ3n) is 2.99. The largest absolute Gasteiger partial charge is 0.168 e. The monoisotopic (exact) mass is 355 g/mol. The van der Waals surface area contributed by atoms with Gasteiger partial charge in [0.1, 0.15) is 5.75 Å². The molecule has 0 aliphatic heterocycles. The molecule has 0 unspecified atom stereocenters. The molecule has 21 heavy (non-hydrogen) atoms. The number of hydrogen-bond donors (Lipinski definition) is 1. The van der Waals surface area contributed by atoms with Crippen LogP contribution in [0.5, 0.6) is 5.75 Å². The van der Waals surface area contributed by atoms with Crippen LogP contribution < -0.4 is 0 Å². The molecule has 4 heteroatoms. The van der Waals surface area contributed by atoms with Gasteiger partial charge in [0.25, 0.3) is 0 Å². The maximum atomic E-state index is 9.21. The van der Waals surface area contributed by atoms with Crippen LogP contribution in [0.25, 0.3) is 10.8 Å². The summed E-state index contributed by atoms with van der Waals surface area (Å²) < 4.78 is 0. The zero-order valence-corrected chi connectivity index (χ0v) is 15.1. The molecule has 0 spiro atoms. The van der Waals surface area contributed by atoms with E-state index in [-0.39, 0.29) is 0 Å². The van der Waals surface area contributed by atoms with Gasteiger partial charge in [0.15, 0.2) is 0 Å². The van der Waals surface area contributed by atoms with Gasteiger partial charge >= 0.3 is 35.6 Å². The van der Waals surface area contributed by atoms with Gasteiger partial charge in [-0.1, -0.05) is 24.3 Å². The fourth-order valence-electron chi connectivity index (χ4n) is 1.88. The Labute approximate surface area is 142 Å². The number of rotatable bonds is 0. The molecule has 0 aliphatic carbocycles. The molecule has 1 nitrogen and oxygen atoms in total. The van der Waals surface area contributed by atoms with Crippen LogP contribution in [-0.2, 0) is 17.0 Å². The molecule has 0 aliphatic rings. The predicted octanol–water partition coefficient (Wildman–Crippen LogP) is 5.94. The SMILES string of the molecule is Cc1cccc(C)c1O.[Cl][Ti][Cl].c1ccc2[cH-]ccc2c1. The van der Waals surface area contributed by atoms with E-state index in [1.165, 1.54) is 10.8 Å². The number of phenolic OH excluding ortho intramolecular Hbond substituents is 1. The second-order valence-electron chi connectivity index (χ2n) is 4.47. The predicted molar refractivity (Wildman–Crippen MR) is 88.8 cm³/mol. The summed E-state index contributed by atoms with van der Waals surface area (Å²) in [5, 5.41) is 11.9. The van der Waals surface area contributed by atoms with E-state index in [9.17, 15) is 5.11 Å². The van der Waals surface area contributed by atoms with Crippen molar-refractivity contribution < 1.29 is 22.1 Å². The normalized spacial score (nSPS) is 9.14. The van der Waals surface area contributed by atoms with Crippen molar-refractivity contribution in [3.05, 3.63) is 71.8 Å². The molecule has 0 atom stereocenters. The van der Waals surface area contributed by atoms with Crippen molar-refractivity contribution in [1.29, 1.82) is 0 Å². The van der Waals surface area contributed by atoms with Crippen LogP contribution in [0, 0.1) is 13.8 Å². The zero-order valence-electron chi connectivity index (χ0n) is 12.0. The Morgan fingerprint density at radius 3 is 2.00 bits per heavy atom. The van der Waals surface area contributed by atoms with Crippen molar-refractivity contribution >= 4 is 29.4 Å². The average Bonchev–Trinajstić information content (AvgIpc) is 2.95. The summed E-state index contributed by atoms with van der Waals surface area (Å²) >= 11 is -0.556. The van der Waals surface area contributed by atoms with Crippen molar-refractivity contribution in [2.24, 2.45) is 0 Å². The van der Waals surface area contributed by atoms with E-state index in [0.29, 0.717) is 5.75 Å². The third-order valence-corrected chi connectivity index (χ3v) is 2.99. The Bertz CT molecular complexity index is 614. The number of phenols is 1. The van der Waals surface area contributed by atoms with Crippen molar-refractivity contribution in [2.45, 2.75) is 13.8 Å². The summed E-state index contributed by atoms with van der Waals surface area (Å²) in [6.07, 6.45) is 0. The van der Waals surface area contributed by atoms with Gasteiger partial charge in [-0.2, -0.15) is 17.5 Å². The van der Waals surface area contributed by atoms with Gasteiger partial charge in [-0.3, -0.25) is 0 Å². The topological polar surface area (TPSA) is 20.2 Å². The van der Waals surface area contributed by atoms with Crippen LogP contribution in [0.15, 0.2) is 60.7 Å². The van der Waals surface area contributed by atoms with E-state index in [1.807, 2.05) is 32.0 Å². The van der Waals surface area contributed by atoms with Crippen molar-refractivity contribution in [3.8, 4) is 5.75 Å². The van der Waals surface area contributed by atoms with Gasteiger partial charge in [-0.25, -0.2) is 0 Å². The van der Waals surface area contributed by atoms with Gasteiger partial charge in [-0.15, -0.1) is 29.7 Å². The summed E-state index contributed by atoms with van der Waals surface area (Å²) in [6.45, 7) is 3.78. The Morgan fingerprint density at radius 1 is 0.905 bits per heavy atom.